The van der Waals surface area contributed by atoms with Gasteiger partial charge in [-0.05, 0) is 42.8 Å². The molecule has 0 amide bonds. The van der Waals surface area contributed by atoms with Gasteiger partial charge in [0.15, 0.2) is 0 Å². The highest BCUT2D eigenvalue weighted by atomic mass is 32.2. The molecular formula is C16H12F6O3S. The quantitative estimate of drug-likeness (QED) is 0.541. The molecule has 0 aliphatic heterocycles. The summed E-state index contributed by atoms with van der Waals surface area (Å²) in [5.74, 6) is 0. The van der Waals surface area contributed by atoms with E-state index in [9.17, 15) is 34.8 Å². The lowest BCUT2D eigenvalue weighted by Gasteiger charge is -2.14. The van der Waals surface area contributed by atoms with Gasteiger partial charge in [0.1, 0.15) is 0 Å². The molecule has 0 fully saturated rings. The summed E-state index contributed by atoms with van der Waals surface area (Å²) in [4.78, 5) is -0.258. The molecule has 0 saturated heterocycles. The van der Waals surface area contributed by atoms with Crippen LogP contribution in [0.4, 0.5) is 26.3 Å². The summed E-state index contributed by atoms with van der Waals surface area (Å²) in [5.41, 5.74) is -2.89. The largest absolute Gasteiger partial charge is 0.416 e. The summed E-state index contributed by atoms with van der Waals surface area (Å²) in [6.07, 6.45) is -10.0. The molecule has 26 heavy (non-hydrogen) atoms. The fourth-order valence-electron chi connectivity index (χ4n) is 2.02. The third kappa shape index (κ3) is 4.98. The van der Waals surface area contributed by atoms with E-state index in [1.54, 1.807) is 6.92 Å². The van der Waals surface area contributed by atoms with Crippen LogP contribution in [0.5, 0.6) is 0 Å². The van der Waals surface area contributed by atoms with Gasteiger partial charge in [0, 0.05) is 0 Å². The Morgan fingerprint density at radius 1 is 0.846 bits per heavy atom. The molecular weight excluding hydrogens is 386 g/mol. The van der Waals surface area contributed by atoms with E-state index >= 15 is 0 Å². The van der Waals surface area contributed by atoms with Crippen molar-refractivity contribution in [2.45, 2.75) is 30.8 Å². The monoisotopic (exact) mass is 398 g/mol. The Kier molecular flexibility index (Phi) is 5.39. The predicted molar refractivity (Wildman–Crippen MR) is 79.6 cm³/mol. The minimum Gasteiger partial charge on any atom is -0.262 e. The van der Waals surface area contributed by atoms with Crippen LogP contribution >= 0.6 is 0 Å². The molecule has 3 nitrogen and oxygen atoms in total. The van der Waals surface area contributed by atoms with Gasteiger partial charge in [-0.1, -0.05) is 17.7 Å². The third-order valence-electron chi connectivity index (χ3n) is 3.34. The number of benzene rings is 2. The second kappa shape index (κ2) is 6.92. The molecule has 2 rings (SSSR count). The molecule has 142 valence electrons. The van der Waals surface area contributed by atoms with Crippen LogP contribution in [0.2, 0.25) is 0 Å². The Labute approximate surface area is 145 Å². The smallest absolute Gasteiger partial charge is 0.262 e. The van der Waals surface area contributed by atoms with Crippen LogP contribution in [0.15, 0.2) is 47.4 Å². The highest BCUT2D eigenvalue weighted by Crippen LogP contribution is 2.36. The van der Waals surface area contributed by atoms with Crippen LogP contribution < -0.4 is 0 Å². The molecule has 0 atom stereocenters. The summed E-state index contributed by atoms with van der Waals surface area (Å²) >= 11 is 0. The van der Waals surface area contributed by atoms with Crippen molar-refractivity contribution in [3.05, 3.63) is 64.7 Å². The minimum atomic E-state index is -5.02. The normalized spacial score (nSPS) is 13.0. The van der Waals surface area contributed by atoms with Gasteiger partial charge in [-0.25, -0.2) is 0 Å². The van der Waals surface area contributed by atoms with Crippen molar-refractivity contribution in [3.8, 4) is 0 Å². The maximum atomic E-state index is 12.8. The average Bonchev–Trinajstić information content (AvgIpc) is 2.51. The summed E-state index contributed by atoms with van der Waals surface area (Å²) < 4.78 is 105. The zero-order valence-corrected chi connectivity index (χ0v) is 14.0. The minimum absolute atomic E-state index is 0.0437. The Morgan fingerprint density at radius 3 is 1.73 bits per heavy atom. The molecule has 0 bridgehead atoms. The van der Waals surface area contributed by atoms with Crippen molar-refractivity contribution < 1.29 is 38.9 Å². The SMILES string of the molecule is Cc1ccc(S(=O)(=O)OCc2cc(C(F)(F)F)cc(C(F)(F)F)c2)cc1. The van der Waals surface area contributed by atoms with Crippen LogP contribution in [-0.2, 0) is 33.3 Å². The van der Waals surface area contributed by atoms with Crippen LogP contribution in [0.1, 0.15) is 22.3 Å². The average molecular weight is 398 g/mol. The number of aryl methyl sites for hydroxylation is 1. The standard InChI is InChI=1S/C16H12F6O3S/c1-10-2-4-14(5-3-10)26(23,24)25-9-11-6-12(15(17,18)19)8-13(7-11)16(20,21)22/h2-8H,9H2,1H3. The molecule has 0 aliphatic rings. The first-order chi connectivity index (χ1) is 11.8. The second-order valence-electron chi connectivity index (χ2n) is 5.44. The summed E-state index contributed by atoms with van der Waals surface area (Å²) in [6.45, 7) is 0.738. The number of hydrogen-bond donors (Lipinski definition) is 0. The Bertz CT molecular complexity index is 851. The van der Waals surface area contributed by atoms with Gasteiger partial charge in [-0.2, -0.15) is 34.8 Å². The highest BCUT2D eigenvalue weighted by molar-refractivity contribution is 7.86. The first-order valence-corrected chi connectivity index (χ1v) is 8.44. The molecule has 0 unspecified atom stereocenters. The first kappa shape index (κ1) is 20.2. The zero-order valence-electron chi connectivity index (χ0n) is 13.1. The maximum absolute atomic E-state index is 12.8. The molecule has 0 saturated carbocycles. The summed E-state index contributed by atoms with van der Waals surface area (Å²) in [5, 5.41) is 0. The van der Waals surface area contributed by atoms with E-state index in [1.807, 2.05) is 0 Å². The predicted octanol–water partition coefficient (Wildman–Crippen LogP) is 4.94. The van der Waals surface area contributed by atoms with Gasteiger partial charge in [0.2, 0.25) is 0 Å². The van der Waals surface area contributed by atoms with Crippen molar-refractivity contribution in [3.63, 3.8) is 0 Å². The van der Waals surface area contributed by atoms with Gasteiger partial charge in [0.05, 0.1) is 22.6 Å². The number of alkyl halides is 6. The van der Waals surface area contributed by atoms with E-state index in [4.69, 9.17) is 0 Å². The first-order valence-electron chi connectivity index (χ1n) is 7.03. The lowest BCUT2D eigenvalue weighted by Crippen LogP contribution is -2.13. The lowest BCUT2D eigenvalue weighted by atomic mass is 10.1. The Morgan fingerprint density at radius 2 is 1.31 bits per heavy atom. The van der Waals surface area contributed by atoms with Crippen molar-refractivity contribution >= 4 is 10.1 Å². The Balaban J connectivity index is 2.32. The van der Waals surface area contributed by atoms with Crippen LogP contribution in [-0.4, -0.2) is 8.42 Å². The molecule has 0 N–H and O–H groups in total. The van der Waals surface area contributed by atoms with Gasteiger partial charge in [-0.15, -0.1) is 0 Å². The summed E-state index contributed by atoms with van der Waals surface area (Å²) in [7, 11) is -4.33. The number of hydrogen-bond acceptors (Lipinski definition) is 3. The van der Waals surface area contributed by atoms with Crippen molar-refractivity contribution in [1.82, 2.24) is 0 Å². The van der Waals surface area contributed by atoms with Crippen molar-refractivity contribution in [2.24, 2.45) is 0 Å². The molecule has 10 heteroatoms. The Hall–Kier alpha value is -2.07. The molecule has 2 aromatic carbocycles. The number of halogens is 6. The van der Waals surface area contributed by atoms with E-state index < -0.39 is 45.8 Å². The molecule has 0 radical (unpaired) electrons. The molecule has 0 spiro atoms. The second-order valence-corrected chi connectivity index (χ2v) is 7.06. The van der Waals surface area contributed by atoms with Gasteiger partial charge in [-0.3, -0.25) is 4.18 Å². The lowest BCUT2D eigenvalue weighted by molar-refractivity contribution is -0.143. The van der Waals surface area contributed by atoms with E-state index in [-0.39, 0.29) is 11.0 Å². The third-order valence-corrected chi connectivity index (χ3v) is 4.62. The highest BCUT2D eigenvalue weighted by Gasteiger charge is 2.37. The van der Waals surface area contributed by atoms with E-state index in [2.05, 4.69) is 4.18 Å². The van der Waals surface area contributed by atoms with Gasteiger partial charge in [0.25, 0.3) is 10.1 Å². The van der Waals surface area contributed by atoms with E-state index in [1.165, 1.54) is 24.3 Å². The van der Waals surface area contributed by atoms with E-state index in [0.717, 1.165) is 5.56 Å². The fourth-order valence-corrected chi connectivity index (χ4v) is 2.92. The zero-order chi connectivity index (χ0) is 19.8. The van der Waals surface area contributed by atoms with Gasteiger partial charge >= 0.3 is 12.4 Å². The van der Waals surface area contributed by atoms with Crippen molar-refractivity contribution in [1.29, 1.82) is 0 Å². The van der Waals surface area contributed by atoms with Gasteiger partial charge < -0.3 is 0 Å². The molecule has 2 aromatic rings. The maximum Gasteiger partial charge on any atom is 0.416 e. The topological polar surface area (TPSA) is 43.4 Å². The van der Waals surface area contributed by atoms with Crippen LogP contribution in [0, 0.1) is 6.92 Å². The molecule has 0 heterocycles. The fraction of sp³-hybridized carbons (Fsp3) is 0.250. The van der Waals surface area contributed by atoms with Crippen LogP contribution in [0.25, 0.3) is 0 Å². The van der Waals surface area contributed by atoms with Crippen LogP contribution in [0.3, 0.4) is 0 Å². The van der Waals surface area contributed by atoms with Crippen molar-refractivity contribution in [2.75, 3.05) is 0 Å². The summed E-state index contributed by atoms with van der Waals surface area (Å²) in [6, 6.07) is 6.18. The number of rotatable bonds is 4. The molecule has 0 aliphatic carbocycles. The molecule has 0 aromatic heterocycles. The van der Waals surface area contributed by atoms with E-state index in [0.29, 0.717) is 12.1 Å².